The van der Waals surface area contributed by atoms with Crippen molar-refractivity contribution in [1.82, 2.24) is 0 Å². The molecule has 3 nitrogen and oxygen atoms in total. The first-order valence-corrected chi connectivity index (χ1v) is 6.25. The number of carbonyl (C=O) groups excluding carboxylic acids is 1. The van der Waals surface area contributed by atoms with Gasteiger partial charge in [0.15, 0.2) is 5.78 Å². The van der Waals surface area contributed by atoms with Crippen molar-refractivity contribution in [2.75, 3.05) is 19.0 Å². The van der Waals surface area contributed by atoms with Gasteiger partial charge in [-0.15, -0.1) is 0 Å². The molecule has 0 bridgehead atoms. The maximum absolute atomic E-state index is 11.8. The summed E-state index contributed by atoms with van der Waals surface area (Å²) in [5, 5.41) is 0.647. The standard InChI is InChI=1S/C12H15BrO3/c1-3-16-9-4-5-12(15-2)10(8-9)11(14)6-7-13/h4-5,8H,3,6-7H2,1-2H3. The smallest absolute Gasteiger partial charge is 0.167 e. The minimum absolute atomic E-state index is 0.0512. The van der Waals surface area contributed by atoms with Gasteiger partial charge in [-0.05, 0) is 25.1 Å². The zero-order valence-corrected chi connectivity index (χ0v) is 11.0. The van der Waals surface area contributed by atoms with Gasteiger partial charge in [-0.1, -0.05) is 15.9 Å². The van der Waals surface area contributed by atoms with Crippen molar-refractivity contribution in [3.05, 3.63) is 23.8 Å². The van der Waals surface area contributed by atoms with Crippen LogP contribution in [0.25, 0.3) is 0 Å². The van der Waals surface area contributed by atoms with E-state index in [1.807, 2.05) is 6.92 Å². The van der Waals surface area contributed by atoms with E-state index >= 15 is 0 Å². The minimum Gasteiger partial charge on any atom is -0.496 e. The molecule has 0 aliphatic heterocycles. The van der Waals surface area contributed by atoms with Crippen LogP contribution in [0.15, 0.2) is 18.2 Å². The first kappa shape index (κ1) is 13.0. The van der Waals surface area contributed by atoms with E-state index in [9.17, 15) is 4.79 Å². The largest absolute Gasteiger partial charge is 0.496 e. The van der Waals surface area contributed by atoms with E-state index in [1.165, 1.54) is 0 Å². The Balaban J connectivity index is 3.01. The molecule has 0 saturated heterocycles. The second-order valence-corrected chi connectivity index (χ2v) is 3.95. The fourth-order valence-electron chi connectivity index (χ4n) is 1.38. The van der Waals surface area contributed by atoms with Crippen LogP contribution in [0.2, 0.25) is 0 Å². The molecule has 1 aromatic carbocycles. The summed E-state index contributed by atoms with van der Waals surface area (Å²) in [5.41, 5.74) is 0.577. The number of Topliss-reactive ketones (excluding diaryl/α,β-unsaturated/α-hetero) is 1. The fourth-order valence-corrected chi connectivity index (χ4v) is 1.74. The molecule has 0 unspecified atom stereocenters. The summed E-state index contributed by atoms with van der Waals surface area (Å²) in [5.74, 6) is 1.34. The molecule has 0 heterocycles. The zero-order valence-electron chi connectivity index (χ0n) is 9.46. The Bertz CT molecular complexity index is 363. The summed E-state index contributed by atoms with van der Waals surface area (Å²) in [6, 6.07) is 5.28. The van der Waals surface area contributed by atoms with Crippen molar-refractivity contribution in [3.63, 3.8) is 0 Å². The summed E-state index contributed by atoms with van der Waals surface area (Å²) in [6.07, 6.45) is 0.450. The van der Waals surface area contributed by atoms with E-state index in [-0.39, 0.29) is 5.78 Å². The van der Waals surface area contributed by atoms with E-state index in [1.54, 1.807) is 25.3 Å². The molecule has 0 radical (unpaired) electrons. The molecule has 0 aromatic heterocycles. The predicted octanol–water partition coefficient (Wildman–Crippen LogP) is 3.06. The minimum atomic E-state index is 0.0512. The second-order valence-electron chi connectivity index (χ2n) is 3.16. The number of benzene rings is 1. The van der Waals surface area contributed by atoms with Crippen molar-refractivity contribution >= 4 is 21.7 Å². The fraction of sp³-hybridized carbons (Fsp3) is 0.417. The van der Waals surface area contributed by atoms with E-state index in [4.69, 9.17) is 9.47 Å². The van der Waals surface area contributed by atoms with Gasteiger partial charge in [-0.25, -0.2) is 0 Å². The Hall–Kier alpha value is -1.03. The molecule has 0 fully saturated rings. The molecule has 0 amide bonds. The monoisotopic (exact) mass is 286 g/mol. The van der Waals surface area contributed by atoms with Gasteiger partial charge in [-0.3, -0.25) is 4.79 Å². The maximum atomic E-state index is 11.8. The maximum Gasteiger partial charge on any atom is 0.167 e. The molecule has 88 valence electrons. The number of hydrogen-bond acceptors (Lipinski definition) is 3. The first-order valence-electron chi connectivity index (χ1n) is 5.13. The number of halogens is 1. The van der Waals surface area contributed by atoms with Crippen molar-refractivity contribution in [2.45, 2.75) is 13.3 Å². The second kappa shape index (κ2) is 6.53. The molecule has 0 saturated carbocycles. The Morgan fingerprint density at radius 1 is 1.44 bits per heavy atom. The van der Waals surface area contributed by atoms with Gasteiger partial charge in [0.1, 0.15) is 11.5 Å². The highest BCUT2D eigenvalue weighted by Crippen LogP contribution is 2.25. The number of methoxy groups -OCH3 is 1. The summed E-state index contributed by atoms with van der Waals surface area (Å²) < 4.78 is 10.5. The van der Waals surface area contributed by atoms with Gasteiger partial charge >= 0.3 is 0 Å². The normalized spacial score (nSPS) is 9.94. The summed E-state index contributed by atoms with van der Waals surface area (Å²) >= 11 is 3.25. The van der Waals surface area contributed by atoms with E-state index in [0.29, 0.717) is 35.4 Å². The van der Waals surface area contributed by atoms with Crippen LogP contribution < -0.4 is 9.47 Å². The molecule has 0 aliphatic carbocycles. The third-order valence-electron chi connectivity index (χ3n) is 2.10. The van der Waals surface area contributed by atoms with Crippen LogP contribution in [-0.2, 0) is 0 Å². The molecule has 4 heteroatoms. The lowest BCUT2D eigenvalue weighted by Crippen LogP contribution is -2.03. The average Bonchev–Trinajstić information content (AvgIpc) is 2.30. The van der Waals surface area contributed by atoms with Crippen molar-refractivity contribution in [1.29, 1.82) is 0 Å². The van der Waals surface area contributed by atoms with Crippen LogP contribution in [0.3, 0.4) is 0 Å². The van der Waals surface area contributed by atoms with Gasteiger partial charge in [0.25, 0.3) is 0 Å². The molecule has 1 aromatic rings. The third-order valence-corrected chi connectivity index (χ3v) is 2.50. The highest BCUT2D eigenvalue weighted by Gasteiger charge is 2.12. The van der Waals surface area contributed by atoms with Gasteiger partial charge in [0, 0.05) is 11.8 Å². The molecular formula is C12H15BrO3. The van der Waals surface area contributed by atoms with Gasteiger partial charge < -0.3 is 9.47 Å². The van der Waals surface area contributed by atoms with E-state index in [0.717, 1.165) is 0 Å². The van der Waals surface area contributed by atoms with Crippen LogP contribution in [0.4, 0.5) is 0 Å². The van der Waals surface area contributed by atoms with Crippen molar-refractivity contribution in [2.24, 2.45) is 0 Å². The van der Waals surface area contributed by atoms with Crippen molar-refractivity contribution in [3.8, 4) is 11.5 Å². The van der Waals surface area contributed by atoms with E-state index in [2.05, 4.69) is 15.9 Å². The van der Waals surface area contributed by atoms with Crippen LogP contribution in [-0.4, -0.2) is 24.8 Å². The number of carbonyl (C=O) groups is 1. The lowest BCUT2D eigenvalue weighted by Gasteiger charge is -2.09. The molecule has 1 rings (SSSR count). The van der Waals surface area contributed by atoms with Crippen LogP contribution in [0.1, 0.15) is 23.7 Å². The highest BCUT2D eigenvalue weighted by molar-refractivity contribution is 9.09. The quantitative estimate of drug-likeness (QED) is 0.596. The summed E-state index contributed by atoms with van der Waals surface area (Å²) in [7, 11) is 1.56. The number of hydrogen-bond donors (Lipinski definition) is 0. The Kier molecular flexibility index (Phi) is 5.32. The Morgan fingerprint density at radius 2 is 2.19 bits per heavy atom. The number of rotatable bonds is 6. The molecule has 0 N–H and O–H groups in total. The lowest BCUT2D eigenvalue weighted by molar-refractivity contribution is 0.0986. The van der Waals surface area contributed by atoms with E-state index < -0.39 is 0 Å². The predicted molar refractivity (Wildman–Crippen MR) is 66.9 cm³/mol. The van der Waals surface area contributed by atoms with Gasteiger partial charge in [-0.2, -0.15) is 0 Å². The van der Waals surface area contributed by atoms with Crippen molar-refractivity contribution < 1.29 is 14.3 Å². The number of alkyl halides is 1. The SMILES string of the molecule is CCOc1ccc(OC)c(C(=O)CCBr)c1. The number of ether oxygens (including phenoxy) is 2. The Labute approximate surface area is 104 Å². The molecule has 0 spiro atoms. The van der Waals surface area contributed by atoms with Gasteiger partial charge in [0.2, 0.25) is 0 Å². The first-order chi connectivity index (χ1) is 7.72. The Morgan fingerprint density at radius 3 is 2.75 bits per heavy atom. The molecule has 0 atom stereocenters. The zero-order chi connectivity index (χ0) is 12.0. The topological polar surface area (TPSA) is 35.5 Å². The molecule has 16 heavy (non-hydrogen) atoms. The average molecular weight is 287 g/mol. The molecular weight excluding hydrogens is 272 g/mol. The van der Waals surface area contributed by atoms with Crippen LogP contribution in [0.5, 0.6) is 11.5 Å². The van der Waals surface area contributed by atoms with Gasteiger partial charge in [0.05, 0.1) is 19.3 Å². The van der Waals surface area contributed by atoms with Crippen LogP contribution >= 0.6 is 15.9 Å². The lowest BCUT2D eigenvalue weighted by atomic mass is 10.1. The number of ketones is 1. The molecule has 0 aliphatic rings. The summed E-state index contributed by atoms with van der Waals surface area (Å²) in [4.78, 5) is 11.8. The van der Waals surface area contributed by atoms with Crippen LogP contribution in [0, 0.1) is 0 Å². The highest BCUT2D eigenvalue weighted by atomic mass is 79.9. The summed E-state index contributed by atoms with van der Waals surface area (Å²) in [6.45, 7) is 2.49. The third kappa shape index (κ3) is 3.23.